The summed E-state index contributed by atoms with van der Waals surface area (Å²) >= 11 is 0. The normalized spacial score (nSPS) is 13.5. The molecular weight excluding hydrogens is 360 g/mol. The quantitative estimate of drug-likeness (QED) is 0.520. The van der Waals surface area contributed by atoms with Crippen LogP contribution in [0.5, 0.6) is 0 Å². The van der Waals surface area contributed by atoms with Gasteiger partial charge in [0.25, 0.3) is 0 Å². The topological polar surface area (TPSA) is 55.1 Å². The first-order valence-corrected chi connectivity index (χ1v) is 9.91. The summed E-state index contributed by atoms with van der Waals surface area (Å²) in [6, 6.07) is 23.0. The predicted molar refractivity (Wildman–Crippen MR) is 112 cm³/mol. The Hall–Kier alpha value is -3.47. The monoisotopic (exact) mass is 382 g/mol. The van der Waals surface area contributed by atoms with E-state index >= 15 is 0 Å². The highest BCUT2D eigenvalue weighted by Gasteiger charge is 2.30. The fourth-order valence-electron chi connectivity index (χ4n) is 4.07. The van der Waals surface area contributed by atoms with Gasteiger partial charge in [-0.25, -0.2) is 9.97 Å². The number of fused-ring (bicyclic) bond motifs is 1. The van der Waals surface area contributed by atoms with Gasteiger partial charge in [0.2, 0.25) is 0 Å². The van der Waals surface area contributed by atoms with Crippen LogP contribution in [0, 0.1) is 6.92 Å². The van der Waals surface area contributed by atoms with Crippen molar-refractivity contribution in [1.82, 2.24) is 15.1 Å². The van der Waals surface area contributed by atoms with Gasteiger partial charge in [-0.15, -0.1) is 0 Å². The Morgan fingerprint density at radius 3 is 2.28 bits per heavy atom. The van der Waals surface area contributed by atoms with Gasteiger partial charge in [-0.2, -0.15) is 0 Å². The van der Waals surface area contributed by atoms with Gasteiger partial charge >= 0.3 is 0 Å². The number of rotatable bonds is 4. The van der Waals surface area contributed by atoms with E-state index < -0.39 is 0 Å². The lowest BCUT2D eigenvalue weighted by atomic mass is 9.85. The molecule has 5 nitrogen and oxygen atoms in total. The van der Waals surface area contributed by atoms with Gasteiger partial charge in [-0.3, -0.25) is 0 Å². The summed E-state index contributed by atoms with van der Waals surface area (Å²) in [5, 5.41) is 4.56. The van der Waals surface area contributed by atoms with E-state index in [1.54, 1.807) is 0 Å². The largest absolute Gasteiger partial charge is 0.361 e. The highest BCUT2D eigenvalue weighted by atomic mass is 16.5. The number of benzene rings is 2. The minimum Gasteiger partial charge on any atom is -0.361 e. The van der Waals surface area contributed by atoms with Crippen molar-refractivity contribution in [3.63, 3.8) is 0 Å². The van der Waals surface area contributed by atoms with Crippen LogP contribution in [-0.4, -0.2) is 21.7 Å². The standard InChI is InChI=1S/C24H22N4O/c1-17-25-14-12-22(26-17)28-15-13-21-20(16-28)24(27-29-21)23(18-8-4-2-5-9-18)19-10-6-3-7-11-19/h2-12,14,23H,13,15-16H2,1H3. The van der Waals surface area contributed by atoms with E-state index in [2.05, 4.69) is 68.6 Å². The van der Waals surface area contributed by atoms with Crippen molar-refractivity contribution in [3.8, 4) is 0 Å². The van der Waals surface area contributed by atoms with Crippen molar-refractivity contribution < 1.29 is 4.52 Å². The summed E-state index contributed by atoms with van der Waals surface area (Å²) in [7, 11) is 0. The Bertz CT molecular complexity index is 1070. The third-order valence-electron chi connectivity index (χ3n) is 5.48. The smallest absolute Gasteiger partial charge is 0.143 e. The molecule has 0 saturated heterocycles. The van der Waals surface area contributed by atoms with Gasteiger partial charge in [0.05, 0.1) is 5.92 Å². The molecule has 3 heterocycles. The lowest BCUT2D eigenvalue weighted by Gasteiger charge is -2.28. The molecule has 0 radical (unpaired) electrons. The molecule has 2 aromatic heterocycles. The molecule has 1 aliphatic heterocycles. The number of aryl methyl sites for hydroxylation is 1. The van der Waals surface area contributed by atoms with Crippen molar-refractivity contribution in [1.29, 1.82) is 0 Å². The third kappa shape index (κ3) is 3.40. The average molecular weight is 382 g/mol. The van der Waals surface area contributed by atoms with E-state index in [0.29, 0.717) is 0 Å². The van der Waals surface area contributed by atoms with Gasteiger partial charge < -0.3 is 9.42 Å². The van der Waals surface area contributed by atoms with Crippen LogP contribution < -0.4 is 4.90 Å². The second kappa shape index (κ2) is 7.51. The van der Waals surface area contributed by atoms with Gasteiger partial charge in [-0.05, 0) is 24.1 Å². The number of hydrogen-bond acceptors (Lipinski definition) is 5. The van der Waals surface area contributed by atoms with Crippen LogP contribution in [0.25, 0.3) is 0 Å². The van der Waals surface area contributed by atoms with Crippen LogP contribution in [0.3, 0.4) is 0 Å². The summed E-state index contributed by atoms with van der Waals surface area (Å²) in [6.07, 6.45) is 2.64. The first-order valence-electron chi connectivity index (χ1n) is 9.91. The van der Waals surface area contributed by atoms with E-state index in [1.807, 2.05) is 31.3 Å². The molecule has 0 spiro atoms. The third-order valence-corrected chi connectivity index (χ3v) is 5.48. The van der Waals surface area contributed by atoms with Crippen LogP contribution in [0.4, 0.5) is 5.82 Å². The van der Waals surface area contributed by atoms with E-state index in [-0.39, 0.29) is 5.92 Å². The van der Waals surface area contributed by atoms with E-state index in [4.69, 9.17) is 4.52 Å². The van der Waals surface area contributed by atoms with E-state index in [1.165, 1.54) is 16.7 Å². The summed E-state index contributed by atoms with van der Waals surface area (Å²) in [5.41, 5.74) is 4.59. The second-order valence-corrected chi connectivity index (χ2v) is 7.36. The molecule has 144 valence electrons. The highest BCUT2D eigenvalue weighted by molar-refractivity contribution is 5.48. The number of aromatic nitrogens is 3. The summed E-state index contributed by atoms with van der Waals surface area (Å²) in [4.78, 5) is 11.1. The Morgan fingerprint density at radius 1 is 0.931 bits per heavy atom. The lowest BCUT2D eigenvalue weighted by molar-refractivity contribution is 0.372. The van der Waals surface area contributed by atoms with Crippen LogP contribution in [0.2, 0.25) is 0 Å². The van der Waals surface area contributed by atoms with Crippen LogP contribution in [-0.2, 0) is 13.0 Å². The Morgan fingerprint density at radius 2 is 1.62 bits per heavy atom. The zero-order valence-corrected chi connectivity index (χ0v) is 16.3. The number of anilines is 1. The first-order chi connectivity index (χ1) is 14.3. The summed E-state index contributed by atoms with van der Waals surface area (Å²) in [5.74, 6) is 2.76. The first kappa shape index (κ1) is 17.6. The molecule has 4 aromatic rings. The van der Waals surface area contributed by atoms with Crippen molar-refractivity contribution in [2.45, 2.75) is 25.8 Å². The molecule has 0 bridgehead atoms. The minimum atomic E-state index is 0.0389. The van der Waals surface area contributed by atoms with Crippen molar-refractivity contribution in [3.05, 3.63) is 107 Å². The fourth-order valence-corrected chi connectivity index (χ4v) is 4.07. The molecule has 0 N–H and O–H groups in total. The van der Waals surface area contributed by atoms with Gasteiger partial charge in [0.15, 0.2) is 0 Å². The number of nitrogens with zero attached hydrogens (tertiary/aromatic N) is 4. The molecule has 0 amide bonds. The molecule has 29 heavy (non-hydrogen) atoms. The van der Waals surface area contributed by atoms with Crippen molar-refractivity contribution in [2.75, 3.05) is 11.4 Å². The van der Waals surface area contributed by atoms with Crippen LogP contribution in [0.1, 0.15) is 39.9 Å². The Labute approximate surface area is 170 Å². The lowest BCUT2D eigenvalue weighted by Crippen LogP contribution is -2.31. The van der Waals surface area contributed by atoms with Crippen molar-refractivity contribution in [2.24, 2.45) is 0 Å². The maximum atomic E-state index is 5.81. The fraction of sp³-hybridized carbons (Fsp3) is 0.208. The maximum absolute atomic E-state index is 5.81. The maximum Gasteiger partial charge on any atom is 0.143 e. The second-order valence-electron chi connectivity index (χ2n) is 7.36. The zero-order valence-electron chi connectivity index (χ0n) is 16.3. The summed E-state index contributed by atoms with van der Waals surface area (Å²) < 4.78 is 5.81. The molecule has 0 unspecified atom stereocenters. The van der Waals surface area contributed by atoms with Crippen molar-refractivity contribution >= 4 is 5.82 Å². The zero-order chi connectivity index (χ0) is 19.6. The van der Waals surface area contributed by atoms with Gasteiger partial charge in [0.1, 0.15) is 23.1 Å². The highest BCUT2D eigenvalue weighted by Crippen LogP contribution is 2.36. The summed E-state index contributed by atoms with van der Waals surface area (Å²) in [6.45, 7) is 3.52. The molecule has 0 atom stereocenters. The Kier molecular flexibility index (Phi) is 4.56. The van der Waals surface area contributed by atoms with E-state index in [9.17, 15) is 0 Å². The molecule has 2 aromatic carbocycles. The van der Waals surface area contributed by atoms with Gasteiger partial charge in [-0.1, -0.05) is 65.8 Å². The van der Waals surface area contributed by atoms with Crippen LogP contribution >= 0.6 is 0 Å². The Balaban J connectivity index is 1.57. The molecule has 0 aliphatic carbocycles. The molecule has 5 heteroatoms. The van der Waals surface area contributed by atoms with Gasteiger partial charge in [0, 0.05) is 31.3 Å². The number of hydrogen-bond donors (Lipinski definition) is 0. The molecule has 0 saturated carbocycles. The SMILES string of the molecule is Cc1nccc(N2CCc3onc(C(c4ccccc4)c4ccccc4)c3C2)n1. The average Bonchev–Trinajstić information content (AvgIpc) is 3.18. The predicted octanol–water partition coefficient (Wildman–Crippen LogP) is 4.52. The molecule has 0 fully saturated rings. The molecule has 1 aliphatic rings. The van der Waals surface area contributed by atoms with E-state index in [0.717, 1.165) is 42.6 Å². The minimum absolute atomic E-state index is 0.0389. The molecule has 5 rings (SSSR count). The molecular formula is C24H22N4O. The van der Waals surface area contributed by atoms with Crippen LogP contribution in [0.15, 0.2) is 77.4 Å².